The zero-order chi connectivity index (χ0) is 20.3. The van der Waals surface area contributed by atoms with Gasteiger partial charge in [0.1, 0.15) is 11.6 Å². The van der Waals surface area contributed by atoms with Crippen LogP contribution in [-0.4, -0.2) is 19.7 Å². The van der Waals surface area contributed by atoms with Gasteiger partial charge in [0.2, 0.25) is 0 Å². The average molecular weight is 440 g/mol. The van der Waals surface area contributed by atoms with Gasteiger partial charge >= 0.3 is 0 Å². The van der Waals surface area contributed by atoms with Gasteiger partial charge in [0.15, 0.2) is 0 Å². The topological polar surface area (TPSA) is 72.5 Å². The lowest BCUT2D eigenvalue weighted by atomic mass is 10.3. The predicted octanol–water partition coefficient (Wildman–Crippen LogP) is 4.46. The number of anilines is 1. The maximum Gasteiger partial charge on any atom is 0.261 e. The molecule has 5 nitrogen and oxygen atoms in total. The van der Waals surface area contributed by atoms with E-state index < -0.39 is 26.6 Å². The van der Waals surface area contributed by atoms with Crippen molar-refractivity contribution in [2.45, 2.75) is 14.7 Å². The molecule has 0 aliphatic carbocycles. The van der Waals surface area contributed by atoms with E-state index in [0.29, 0.717) is 5.75 Å². The maximum atomic E-state index is 14.1. The molecule has 0 aliphatic heterocycles. The van der Waals surface area contributed by atoms with Gasteiger partial charge in [-0.05, 0) is 54.6 Å². The quantitative estimate of drug-likeness (QED) is 0.615. The summed E-state index contributed by atoms with van der Waals surface area (Å²) in [5, 5.41) is 0.243. The fourth-order valence-corrected chi connectivity index (χ4v) is 5.02. The molecule has 28 heavy (non-hydrogen) atoms. The monoisotopic (exact) mass is 439 g/mol. The van der Waals surface area contributed by atoms with E-state index in [-0.39, 0.29) is 25.4 Å². The van der Waals surface area contributed by atoms with Gasteiger partial charge < -0.3 is 4.74 Å². The molecule has 1 N–H and O–H groups in total. The number of ether oxygens (including phenoxy) is 1. The fraction of sp³-hybridized carbons (Fsp3) is 0.0526. The molecule has 0 radical (unpaired) electrons. The Morgan fingerprint density at radius 1 is 1.00 bits per heavy atom. The second kappa shape index (κ2) is 8.30. The molecule has 3 aromatic carbocycles. The second-order valence-electron chi connectivity index (χ2n) is 5.62. The van der Waals surface area contributed by atoms with Crippen LogP contribution in [0.3, 0.4) is 0 Å². The number of hydrogen-bond acceptors (Lipinski definition) is 4. The van der Waals surface area contributed by atoms with Gasteiger partial charge in [-0.25, -0.2) is 17.0 Å². The third-order valence-electron chi connectivity index (χ3n) is 3.79. The Bertz CT molecular complexity index is 1130. The predicted molar refractivity (Wildman–Crippen MR) is 106 cm³/mol. The largest absolute Gasteiger partial charge is 0.497 e. The molecular weight excluding hydrogens is 425 g/mol. The summed E-state index contributed by atoms with van der Waals surface area (Å²) in [5.41, 5.74) is 0.0433. The number of nitrogens with one attached hydrogen (secondary N) is 1. The molecule has 0 amide bonds. The van der Waals surface area contributed by atoms with Gasteiger partial charge in [-0.15, -0.1) is 0 Å². The Morgan fingerprint density at radius 3 is 2.32 bits per heavy atom. The van der Waals surface area contributed by atoms with E-state index in [0.717, 1.165) is 0 Å². The molecule has 3 aromatic rings. The van der Waals surface area contributed by atoms with Crippen molar-refractivity contribution in [3.8, 4) is 5.75 Å². The highest BCUT2D eigenvalue weighted by Gasteiger charge is 2.21. The Labute approximate surface area is 169 Å². The molecule has 9 heteroatoms. The minimum atomic E-state index is -3.98. The lowest BCUT2D eigenvalue weighted by molar-refractivity contribution is 0.414. The highest BCUT2D eigenvalue weighted by molar-refractivity contribution is 7.92. The standard InChI is InChI=1S/C19H15ClFNO4S2/c1-26-14-7-9-15(10-8-14)28(24,25)22-17-11-6-13(20)12-19(17)27(23)18-5-3-2-4-16(18)21/h2-12,22H,1H3. The lowest BCUT2D eigenvalue weighted by Gasteiger charge is -2.13. The molecule has 0 saturated heterocycles. The summed E-state index contributed by atoms with van der Waals surface area (Å²) in [6.07, 6.45) is 0. The highest BCUT2D eigenvalue weighted by Crippen LogP contribution is 2.30. The Hall–Kier alpha value is -2.42. The van der Waals surface area contributed by atoms with Crippen molar-refractivity contribution in [2.75, 3.05) is 11.8 Å². The van der Waals surface area contributed by atoms with Crippen LogP contribution in [0.25, 0.3) is 0 Å². The number of sulfonamides is 1. The van der Waals surface area contributed by atoms with Crippen LogP contribution in [-0.2, 0) is 20.8 Å². The summed E-state index contributed by atoms with van der Waals surface area (Å²) in [7, 11) is -4.49. The summed E-state index contributed by atoms with van der Waals surface area (Å²) in [5.74, 6) is -0.156. The third kappa shape index (κ3) is 4.35. The lowest BCUT2D eigenvalue weighted by Crippen LogP contribution is -2.14. The normalized spacial score (nSPS) is 12.4. The molecule has 3 rings (SSSR count). The van der Waals surface area contributed by atoms with Gasteiger partial charge in [-0.2, -0.15) is 0 Å². The minimum Gasteiger partial charge on any atom is -0.497 e. The van der Waals surface area contributed by atoms with Gasteiger partial charge in [0.05, 0.1) is 38.3 Å². The SMILES string of the molecule is COc1ccc(S(=O)(=O)Nc2ccc(Cl)cc2S(=O)c2ccccc2F)cc1. The van der Waals surface area contributed by atoms with E-state index in [9.17, 15) is 17.0 Å². The van der Waals surface area contributed by atoms with Crippen LogP contribution in [0.5, 0.6) is 5.75 Å². The van der Waals surface area contributed by atoms with E-state index >= 15 is 0 Å². The molecule has 0 heterocycles. The molecule has 0 bridgehead atoms. The number of methoxy groups -OCH3 is 1. The molecule has 0 fully saturated rings. The molecule has 146 valence electrons. The first-order chi connectivity index (χ1) is 13.3. The second-order valence-corrected chi connectivity index (χ2v) is 9.16. The molecule has 1 atom stereocenters. The number of hydrogen-bond donors (Lipinski definition) is 1. The van der Waals surface area contributed by atoms with E-state index in [1.54, 1.807) is 6.07 Å². The Kier molecular flexibility index (Phi) is 6.02. The van der Waals surface area contributed by atoms with Crippen LogP contribution in [0, 0.1) is 5.82 Å². The molecule has 0 saturated carbocycles. The van der Waals surface area contributed by atoms with Gasteiger partial charge in [-0.3, -0.25) is 4.72 Å². The number of benzene rings is 3. The first-order valence-corrected chi connectivity index (χ1v) is 11.0. The highest BCUT2D eigenvalue weighted by atomic mass is 35.5. The molecule has 0 spiro atoms. The van der Waals surface area contributed by atoms with Crippen molar-refractivity contribution < 1.29 is 21.8 Å². The van der Waals surface area contributed by atoms with Crippen molar-refractivity contribution in [3.63, 3.8) is 0 Å². The average Bonchev–Trinajstić information content (AvgIpc) is 2.69. The van der Waals surface area contributed by atoms with Crippen LogP contribution < -0.4 is 9.46 Å². The number of halogens is 2. The Balaban J connectivity index is 2.01. The van der Waals surface area contributed by atoms with Crippen molar-refractivity contribution in [1.82, 2.24) is 0 Å². The van der Waals surface area contributed by atoms with Gasteiger partial charge in [0.25, 0.3) is 10.0 Å². The van der Waals surface area contributed by atoms with E-state index in [4.69, 9.17) is 16.3 Å². The molecule has 0 aliphatic rings. The third-order valence-corrected chi connectivity index (χ3v) is 6.88. The van der Waals surface area contributed by atoms with Crippen molar-refractivity contribution in [1.29, 1.82) is 0 Å². The smallest absolute Gasteiger partial charge is 0.261 e. The van der Waals surface area contributed by atoms with E-state index in [2.05, 4.69) is 4.72 Å². The van der Waals surface area contributed by atoms with Crippen LogP contribution in [0.2, 0.25) is 5.02 Å². The first-order valence-electron chi connectivity index (χ1n) is 7.94. The van der Waals surface area contributed by atoms with E-state index in [1.165, 1.54) is 67.8 Å². The first kappa shape index (κ1) is 20.3. The summed E-state index contributed by atoms with van der Waals surface area (Å²) in [6, 6.07) is 15.5. The zero-order valence-corrected chi connectivity index (χ0v) is 16.9. The summed E-state index contributed by atoms with van der Waals surface area (Å²) in [4.78, 5) is -0.0322. The summed E-state index contributed by atoms with van der Waals surface area (Å²) < 4.78 is 59.8. The van der Waals surface area contributed by atoms with Gasteiger partial charge in [-0.1, -0.05) is 23.7 Å². The fourth-order valence-electron chi connectivity index (χ4n) is 2.41. The van der Waals surface area contributed by atoms with Crippen molar-refractivity contribution in [3.05, 3.63) is 77.6 Å². The number of rotatable bonds is 6. The molecule has 1 unspecified atom stereocenters. The van der Waals surface area contributed by atoms with Crippen LogP contribution >= 0.6 is 11.6 Å². The van der Waals surface area contributed by atoms with Crippen molar-refractivity contribution >= 4 is 38.1 Å². The van der Waals surface area contributed by atoms with E-state index in [1.807, 2.05) is 0 Å². The zero-order valence-electron chi connectivity index (χ0n) is 14.6. The molecule has 0 aromatic heterocycles. The Morgan fingerprint density at radius 2 is 1.68 bits per heavy atom. The van der Waals surface area contributed by atoms with Gasteiger partial charge in [0, 0.05) is 5.02 Å². The van der Waals surface area contributed by atoms with Crippen LogP contribution in [0.1, 0.15) is 0 Å². The summed E-state index contributed by atoms with van der Waals surface area (Å²) >= 11 is 5.99. The summed E-state index contributed by atoms with van der Waals surface area (Å²) in [6.45, 7) is 0. The molecular formula is C19H15ClFNO4S2. The minimum absolute atomic E-state index is 0.00845. The van der Waals surface area contributed by atoms with Crippen LogP contribution in [0.4, 0.5) is 10.1 Å². The van der Waals surface area contributed by atoms with Crippen molar-refractivity contribution in [2.24, 2.45) is 0 Å². The van der Waals surface area contributed by atoms with Crippen LogP contribution in [0.15, 0.2) is 81.4 Å². The maximum absolute atomic E-state index is 14.1.